The van der Waals surface area contributed by atoms with Crippen molar-refractivity contribution < 1.29 is 9.59 Å². The largest absolute Gasteiger partial charge is 0.355 e. The van der Waals surface area contributed by atoms with Crippen molar-refractivity contribution in [2.24, 2.45) is 11.7 Å². The van der Waals surface area contributed by atoms with Crippen molar-refractivity contribution in [3.8, 4) is 0 Å². The second kappa shape index (κ2) is 10.3. The van der Waals surface area contributed by atoms with Crippen LogP contribution in [0.4, 0.5) is 0 Å². The van der Waals surface area contributed by atoms with E-state index in [9.17, 15) is 9.59 Å². The standard InChI is InChI=1S/C20H29N3O2S.ClH/c21-12-13-22-18(24)16-7-6-14-23(15-16)19(25)20(10-4-5-11-20)26-17-8-2-1-3-9-17;/h1-3,8-9,16H,4-7,10-15,21H2,(H,22,24);1H. The van der Waals surface area contributed by atoms with E-state index >= 15 is 0 Å². The molecule has 1 aliphatic heterocycles. The van der Waals surface area contributed by atoms with Crippen molar-refractivity contribution in [2.75, 3.05) is 26.2 Å². The SMILES string of the molecule is Cl.NCCNC(=O)C1CCCN(C(=O)C2(Sc3ccccc3)CCCC2)C1. The first-order chi connectivity index (χ1) is 12.6. The third-order valence-electron chi connectivity index (χ3n) is 5.38. The predicted molar refractivity (Wildman–Crippen MR) is 112 cm³/mol. The van der Waals surface area contributed by atoms with E-state index in [0.29, 0.717) is 19.6 Å². The molecule has 0 spiro atoms. The highest BCUT2D eigenvalue weighted by atomic mass is 35.5. The lowest BCUT2D eigenvalue weighted by atomic mass is 9.95. The van der Waals surface area contributed by atoms with Crippen molar-refractivity contribution in [1.29, 1.82) is 0 Å². The molecule has 3 N–H and O–H groups in total. The van der Waals surface area contributed by atoms with Crippen LogP contribution in [0.25, 0.3) is 0 Å². The number of rotatable bonds is 6. The van der Waals surface area contributed by atoms with E-state index < -0.39 is 0 Å². The van der Waals surface area contributed by atoms with Crippen LogP contribution in [-0.4, -0.2) is 47.6 Å². The normalized spacial score (nSPS) is 21.4. The Hall–Kier alpha value is -1.24. The van der Waals surface area contributed by atoms with E-state index in [1.807, 2.05) is 23.1 Å². The maximum Gasteiger partial charge on any atom is 0.239 e. The third kappa shape index (κ3) is 5.39. The lowest BCUT2D eigenvalue weighted by Crippen LogP contribution is -2.51. The molecule has 0 radical (unpaired) electrons. The van der Waals surface area contributed by atoms with Crippen LogP contribution in [0.3, 0.4) is 0 Å². The molecule has 1 aromatic rings. The second-order valence-corrected chi connectivity index (χ2v) is 8.74. The van der Waals surface area contributed by atoms with E-state index in [1.54, 1.807) is 11.8 Å². The van der Waals surface area contributed by atoms with Crippen LogP contribution in [0, 0.1) is 5.92 Å². The number of hydrogen-bond donors (Lipinski definition) is 2. The predicted octanol–water partition coefficient (Wildman–Crippen LogP) is 2.83. The molecule has 1 saturated carbocycles. The summed E-state index contributed by atoms with van der Waals surface area (Å²) in [5, 5.41) is 2.87. The maximum absolute atomic E-state index is 13.5. The molecule has 5 nitrogen and oxygen atoms in total. The van der Waals surface area contributed by atoms with Crippen LogP contribution in [0.5, 0.6) is 0 Å². The molecule has 1 atom stereocenters. The quantitative estimate of drug-likeness (QED) is 0.754. The molecule has 27 heavy (non-hydrogen) atoms. The Labute approximate surface area is 172 Å². The van der Waals surface area contributed by atoms with Crippen LogP contribution in [0.15, 0.2) is 35.2 Å². The number of hydrogen-bond acceptors (Lipinski definition) is 4. The minimum Gasteiger partial charge on any atom is -0.355 e. The van der Waals surface area contributed by atoms with Crippen molar-refractivity contribution in [3.63, 3.8) is 0 Å². The van der Waals surface area contributed by atoms with Crippen molar-refractivity contribution in [2.45, 2.75) is 48.2 Å². The van der Waals surface area contributed by atoms with Gasteiger partial charge < -0.3 is 16.0 Å². The van der Waals surface area contributed by atoms with Crippen molar-refractivity contribution in [3.05, 3.63) is 30.3 Å². The molecule has 1 unspecified atom stereocenters. The van der Waals surface area contributed by atoms with Gasteiger partial charge in [0.05, 0.1) is 10.7 Å². The molecule has 150 valence electrons. The molecule has 1 saturated heterocycles. The number of piperidine rings is 1. The van der Waals surface area contributed by atoms with Crippen molar-refractivity contribution >= 4 is 36.0 Å². The number of halogens is 1. The number of thioether (sulfide) groups is 1. The molecular weight excluding hydrogens is 382 g/mol. The lowest BCUT2D eigenvalue weighted by molar-refractivity contribution is -0.137. The van der Waals surface area contributed by atoms with E-state index in [4.69, 9.17) is 5.73 Å². The summed E-state index contributed by atoms with van der Waals surface area (Å²) < 4.78 is -0.364. The lowest BCUT2D eigenvalue weighted by Gasteiger charge is -2.38. The summed E-state index contributed by atoms with van der Waals surface area (Å²) >= 11 is 1.72. The van der Waals surface area contributed by atoms with E-state index in [0.717, 1.165) is 50.0 Å². The Bertz CT molecular complexity index is 623. The molecule has 7 heteroatoms. The molecule has 1 aliphatic carbocycles. The summed E-state index contributed by atoms with van der Waals surface area (Å²) in [7, 11) is 0. The third-order valence-corrected chi connectivity index (χ3v) is 6.86. The molecule has 0 bridgehead atoms. The summed E-state index contributed by atoms with van der Waals surface area (Å²) in [6.07, 6.45) is 5.77. The number of carbonyl (C=O) groups is 2. The molecule has 2 aliphatic rings. The highest BCUT2D eigenvalue weighted by Crippen LogP contribution is 2.46. The molecule has 0 aromatic heterocycles. The van der Waals surface area contributed by atoms with Crippen molar-refractivity contribution in [1.82, 2.24) is 10.2 Å². The summed E-state index contributed by atoms with van der Waals surface area (Å²) in [6, 6.07) is 10.2. The highest BCUT2D eigenvalue weighted by Gasteiger charge is 2.45. The summed E-state index contributed by atoms with van der Waals surface area (Å²) in [6.45, 7) is 2.23. The Morgan fingerprint density at radius 3 is 2.56 bits per heavy atom. The van der Waals surface area contributed by atoms with E-state index in [-0.39, 0.29) is 34.9 Å². The number of nitrogens with zero attached hydrogens (tertiary/aromatic N) is 1. The summed E-state index contributed by atoms with van der Waals surface area (Å²) in [5.41, 5.74) is 5.47. The second-order valence-electron chi connectivity index (χ2n) is 7.29. The molecule has 1 heterocycles. The van der Waals surface area contributed by atoms with Gasteiger partial charge in [0, 0.05) is 31.1 Å². The van der Waals surface area contributed by atoms with Gasteiger partial charge in [0.25, 0.3) is 0 Å². The first-order valence-corrected chi connectivity index (χ1v) is 10.5. The van der Waals surface area contributed by atoms with Crippen LogP contribution in [0.1, 0.15) is 38.5 Å². The fourth-order valence-electron chi connectivity index (χ4n) is 4.02. The Kier molecular flexibility index (Phi) is 8.45. The summed E-state index contributed by atoms with van der Waals surface area (Å²) in [4.78, 5) is 28.9. The number of likely N-dealkylation sites (tertiary alicyclic amines) is 1. The van der Waals surface area contributed by atoms with Gasteiger partial charge in [0.15, 0.2) is 0 Å². The van der Waals surface area contributed by atoms with Crippen LogP contribution < -0.4 is 11.1 Å². The Morgan fingerprint density at radius 1 is 1.19 bits per heavy atom. The number of nitrogens with two attached hydrogens (primary N) is 1. The summed E-state index contributed by atoms with van der Waals surface area (Å²) in [5.74, 6) is 0.142. The van der Waals surface area contributed by atoms with Gasteiger partial charge in [-0.05, 0) is 37.8 Å². The zero-order valence-electron chi connectivity index (χ0n) is 15.7. The first-order valence-electron chi connectivity index (χ1n) is 9.66. The van der Waals surface area contributed by atoms with Crippen LogP contribution in [-0.2, 0) is 9.59 Å². The average Bonchev–Trinajstić information content (AvgIpc) is 3.16. The molecule has 3 rings (SSSR count). The van der Waals surface area contributed by atoms with Gasteiger partial charge >= 0.3 is 0 Å². The van der Waals surface area contributed by atoms with E-state index in [1.165, 1.54) is 0 Å². The minimum atomic E-state index is -0.364. The highest BCUT2D eigenvalue weighted by molar-refractivity contribution is 8.01. The average molecular weight is 412 g/mol. The maximum atomic E-state index is 13.5. The van der Waals surface area contributed by atoms with E-state index in [2.05, 4.69) is 17.4 Å². The first kappa shape index (κ1) is 22.1. The smallest absolute Gasteiger partial charge is 0.239 e. The van der Waals surface area contributed by atoms with Gasteiger partial charge in [-0.15, -0.1) is 24.2 Å². The zero-order chi connectivity index (χ0) is 18.4. The monoisotopic (exact) mass is 411 g/mol. The van der Waals surface area contributed by atoms with Gasteiger partial charge in [0.1, 0.15) is 0 Å². The van der Waals surface area contributed by atoms with Gasteiger partial charge in [-0.25, -0.2) is 0 Å². The van der Waals surface area contributed by atoms with Gasteiger partial charge in [-0.3, -0.25) is 9.59 Å². The molecule has 2 fully saturated rings. The fourth-order valence-corrected chi connectivity index (χ4v) is 5.48. The van der Waals surface area contributed by atoms with Gasteiger partial charge in [-0.2, -0.15) is 0 Å². The van der Waals surface area contributed by atoms with Gasteiger partial charge in [-0.1, -0.05) is 31.0 Å². The van der Waals surface area contributed by atoms with Crippen LogP contribution >= 0.6 is 24.2 Å². The topological polar surface area (TPSA) is 75.4 Å². The minimum absolute atomic E-state index is 0. The van der Waals surface area contributed by atoms with Gasteiger partial charge in [0.2, 0.25) is 11.8 Å². The number of carbonyl (C=O) groups excluding carboxylic acids is 2. The Balaban J connectivity index is 0.00000261. The Morgan fingerprint density at radius 2 is 1.89 bits per heavy atom. The fraction of sp³-hybridized carbons (Fsp3) is 0.600. The zero-order valence-corrected chi connectivity index (χ0v) is 17.3. The number of benzene rings is 1. The molecular formula is C20H30ClN3O2S. The molecule has 2 amide bonds. The van der Waals surface area contributed by atoms with Crippen LogP contribution in [0.2, 0.25) is 0 Å². The number of amides is 2. The molecule has 1 aromatic carbocycles. The number of nitrogens with one attached hydrogen (secondary N) is 1.